The number of fused-ring (bicyclic) bond motifs is 1. The zero-order chi connectivity index (χ0) is 20.2. The van der Waals surface area contributed by atoms with Gasteiger partial charge in [0.2, 0.25) is 0 Å². The van der Waals surface area contributed by atoms with Crippen molar-refractivity contribution in [2.24, 2.45) is 0 Å². The van der Waals surface area contributed by atoms with Crippen LogP contribution in [0.5, 0.6) is 0 Å². The Bertz CT molecular complexity index is 1060. The van der Waals surface area contributed by atoms with Crippen LogP contribution in [0.25, 0.3) is 10.9 Å². The number of aromatic nitrogens is 4. The Morgan fingerprint density at radius 2 is 1.97 bits per heavy atom. The van der Waals surface area contributed by atoms with E-state index in [1.807, 2.05) is 18.2 Å². The van der Waals surface area contributed by atoms with E-state index in [-0.39, 0.29) is 11.5 Å². The van der Waals surface area contributed by atoms with Crippen molar-refractivity contribution in [3.05, 3.63) is 59.2 Å². The molecule has 1 fully saturated rings. The Hall–Kier alpha value is -3.33. The zero-order valence-electron chi connectivity index (χ0n) is 16.2. The number of amides is 1. The number of nitrogens with zero attached hydrogens (tertiary/aromatic N) is 6. The second-order valence-corrected chi connectivity index (χ2v) is 6.81. The summed E-state index contributed by atoms with van der Waals surface area (Å²) in [5.41, 5.74) is 1.95. The summed E-state index contributed by atoms with van der Waals surface area (Å²) in [6.07, 6.45) is 6.12. The molecule has 9 heteroatoms. The molecule has 0 saturated carbocycles. The lowest BCUT2D eigenvalue weighted by Gasteiger charge is -2.36. The minimum Gasteiger partial charge on any atom is -0.383 e. The maximum atomic E-state index is 12.6. The summed E-state index contributed by atoms with van der Waals surface area (Å²) >= 11 is 0. The van der Waals surface area contributed by atoms with Crippen LogP contribution < -0.4 is 10.5 Å². The first-order valence-corrected chi connectivity index (χ1v) is 9.46. The van der Waals surface area contributed by atoms with Crippen LogP contribution in [0.15, 0.2) is 47.9 Å². The fourth-order valence-corrected chi connectivity index (χ4v) is 3.43. The molecule has 0 atom stereocenters. The summed E-state index contributed by atoms with van der Waals surface area (Å²) in [5, 5.41) is 0.587. The van der Waals surface area contributed by atoms with Crippen molar-refractivity contribution < 1.29 is 9.53 Å². The van der Waals surface area contributed by atoms with E-state index in [1.54, 1.807) is 29.1 Å². The van der Waals surface area contributed by atoms with Crippen molar-refractivity contribution in [3.8, 4) is 0 Å². The summed E-state index contributed by atoms with van der Waals surface area (Å²) in [7, 11) is 1.60. The highest BCUT2D eigenvalue weighted by Crippen LogP contribution is 2.21. The molecule has 0 aliphatic carbocycles. The quantitative estimate of drug-likeness (QED) is 0.632. The first kappa shape index (κ1) is 19.0. The molecule has 0 spiro atoms. The van der Waals surface area contributed by atoms with Gasteiger partial charge in [0.25, 0.3) is 11.5 Å². The van der Waals surface area contributed by atoms with Gasteiger partial charge < -0.3 is 14.5 Å². The lowest BCUT2D eigenvalue weighted by Crippen LogP contribution is -2.49. The Kier molecular flexibility index (Phi) is 5.48. The molecule has 0 unspecified atom stereocenters. The molecule has 0 bridgehead atoms. The monoisotopic (exact) mass is 394 g/mol. The molecule has 0 radical (unpaired) electrons. The van der Waals surface area contributed by atoms with Gasteiger partial charge in [-0.05, 0) is 18.2 Å². The summed E-state index contributed by atoms with van der Waals surface area (Å²) in [6.45, 7) is 3.52. The van der Waals surface area contributed by atoms with Crippen LogP contribution in [0.1, 0.15) is 10.5 Å². The van der Waals surface area contributed by atoms with Gasteiger partial charge in [-0.3, -0.25) is 19.1 Å². The van der Waals surface area contributed by atoms with Crippen LogP contribution in [0.4, 0.5) is 5.69 Å². The molecule has 1 aromatic carbocycles. The molecule has 4 rings (SSSR count). The number of piperazine rings is 1. The molecule has 1 aliphatic rings. The zero-order valence-corrected chi connectivity index (χ0v) is 16.2. The van der Waals surface area contributed by atoms with Crippen molar-refractivity contribution in [2.45, 2.75) is 6.54 Å². The second kappa shape index (κ2) is 8.36. The summed E-state index contributed by atoms with van der Waals surface area (Å²) in [5.74, 6) is -0.102. The van der Waals surface area contributed by atoms with Gasteiger partial charge in [-0.25, -0.2) is 9.97 Å². The molecule has 9 nitrogen and oxygen atoms in total. The van der Waals surface area contributed by atoms with Gasteiger partial charge >= 0.3 is 0 Å². The van der Waals surface area contributed by atoms with Crippen LogP contribution in [0.2, 0.25) is 0 Å². The standard InChI is InChI=1S/C20H22N6O3/c1-29-11-10-26-14-23-17-12-15(2-3-16(17)19(26)27)24-6-8-25(9-7-24)20(28)18-13-21-4-5-22-18/h2-5,12-14H,6-11H2,1H3. The average Bonchev–Trinajstić information content (AvgIpc) is 2.78. The molecular formula is C20H22N6O3. The molecular weight excluding hydrogens is 372 g/mol. The number of methoxy groups -OCH3 is 1. The van der Waals surface area contributed by atoms with Crippen LogP contribution in [-0.2, 0) is 11.3 Å². The number of carbonyl (C=O) groups is 1. The molecule has 3 heterocycles. The Labute approximate surface area is 167 Å². The third-order valence-corrected chi connectivity index (χ3v) is 5.06. The van der Waals surface area contributed by atoms with Gasteiger partial charge in [0.05, 0.1) is 36.6 Å². The highest BCUT2D eigenvalue weighted by atomic mass is 16.5. The SMILES string of the molecule is COCCn1cnc2cc(N3CCN(C(=O)c4cnccn4)CC3)ccc2c1=O. The number of rotatable bonds is 5. The second-order valence-electron chi connectivity index (χ2n) is 6.81. The molecule has 0 N–H and O–H groups in total. The van der Waals surface area contributed by atoms with Crippen molar-refractivity contribution in [3.63, 3.8) is 0 Å². The number of carbonyl (C=O) groups excluding carboxylic acids is 1. The van der Waals surface area contributed by atoms with Crippen LogP contribution in [-0.4, -0.2) is 70.2 Å². The largest absolute Gasteiger partial charge is 0.383 e. The molecule has 29 heavy (non-hydrogen) atoms. The smallest absolute Gasteiger partial charge is 0.274 e. The van der Waals surface area contributed by atoms with Gasteiger partial charge in [-0.1, -0.05) is 0 Å². The van der Waals surface area contributed by atoms with Gasteiger partial charge in [0.15, 0.2) is 0 Å². The van der Waals surface area contributed by atoms with Crippen LogP contribution in [0.3, 0.4) is 0 Å². The predicted molar refractivity (Wildman–Crippen MR) is 108 cm³/mol. The third-order valence-electron chi connectivity index (χ3n) is 5.06. The van der Waals surface area contributed by atoms with Crippen molar-refractivity contribution in [1.29, 1.82) is 0 Å². The fraction of sp³-hybridized carbons (Fsp3) is 0.350. The lowest BCUT2D eigenvalue weighted by atomic mass is 10.2. The Morgan fingerprint density at radius 1 is 1.14 bits per heavy atom. The number of hydrogen-bond acceptors (Lipinski definition) is 7. The maximum absolute atomic E-state index is 12.6. The van der Waals surface area contributed by atoms with Crippen molar-refractivity contribution in [1.82, 2.24) is 24.4 Å². The highest BCUT2D eigenvalue weighted by molar-refractivity contribution is 5.92. The lowest BCUT2D eigenvalue weighted by molar-refractivity contribution is 0.0740. The van der Waals surface area contributed by atoms with E-state index < -0.39 is 0 Å². The number of benzene rings is 1. The van der Waals surface area contributed by atoms with E-state index >= 15 is 0 Å². The minimum absolute atomic E-state index is 0.0713. The average molecular weight is 394 g/mol. The van der Waals surface area contributed by atoms with E-state index in [9.17, 15) is 9.59 Å². The molecule has 1 saturated heterocycles. The Morgan fingerprint density at radius 3 is 2.69 bits per heavy atom. The minimum atomic E-state index is -0.102. The number of hydrogen-bond donors (Lipinski definition) is 0. The van der Waals surface area contributed by atoms with Gasteiger partial charge in [0, 0.05) is 51.4 Å². The highest BCUT2D eigenvalue weighted by Gasteiger charge is 2.23. The molecule has 2 aromatic heterocycles. The van der Waals surface area contributed by atoms with Gasteiger partial charge in [-0.15, -0.1) is 0 Å². The number of ether oxygens (including phenoxy) is 1. The van der Waals surface area contributed by atoms with Crippen molar-refractivity contribution in [2.75, 3.05) is 44.8 Å². The first-order chi connectivity index (χ1) is 14.2. The normalized spacial score (nSPS) is 14.4. The predicted octanol–water partition coefficient (Wildman–Crippen LogP) is 0.795. The molecule has 1 aliphatic heterocycles. The number of anilines is 1. The van der Waals surface area contributed by atoms with Crippen LogP contribution in [0, 0.1) is 0 Å². The van der Waals surface area contributed by atoms with Gasteiger partial charge in [0.1, 0.15) is 5.69 Å². The summed E-state index contributed by atoms with van der Waals surface area (Å²) in [4.78, 5) is 41.5. The summed E-state index contributed by atoms with van der Waals surface area (Å²) < 4.78 is 6.59. The van der Waals surface area contributed by atoms with Crippen molar-refractivity contribution >= 4 is 22.5 Å². The Balaban J connectivity index is 1.47. The van der Waals surface area contributed by atoms with Gasteiger partial charge in [-0.2, -0.15) is 0 Å². The third kappa shape index (κ3) is 3.95. The maximum Gasteiger partial charge on any atom is 0.274 e. The molecule has 1 amide bonds. The fourth-order valence-electron chi connectivity index (χ4n) is 3.43. The van der Waals surface area contributed by atoms with E-state index in [0.29, 0.717) is 55.9 Å². The molecule has 150 valence electrons. The van der Waals surface area contributed by atoms with Crippen LogP contribution >= 0.6 is 0 Å². The van der Waals surface area contributed by atoms with E-state index in [1.165, 1.54) is 12.4 Å². The topological polar surface area (TPSA) is 93.4 Å². The van der Waals surface area contributed by atoms with E-state index in [0.717, 1.165) is 5.69 Å². The molecule has 3 aromatic rings. The van der Waals surface area contributed by atoms with E-state index in [4.69, 9.17) is 4.74 Å². The first-order valence-electron chi connectivity index (χ1n) is 9.46. The van der Waals surface area contributed by atoms with E-state index in [2.05, 4.69) is 19.9 Å². The summed E-state index contributed by atoms with van der Waals surface area (Å²) in [6, 6.07) is 5.68.